The third-order valence-corrected chi connectivity index (χ3v) is 6.71. The minimum absolute atomic E-state index is 0.776. The molecule has 3 aromatic carbocycles. The monoisotopic (exact) mass is 466 g/mol. The van der Waals surface area contributed by atoms with E-state index in [0.29, 0.717) is 0 Å². The van der Waals surface area contributed by atoms with Gasteiger partial charge in [-0.15, -0.1) is 0 Å². The molecule has 0 saturated carbocycles. The van der Waals surface area contributed by atoms with Crippen LogP contribution in [0.5, 0.6) is 5.75 Å². The summed E-state index contributed by atoms with van der Waals surface area (Å²) in [5.74, 6) is 1.80. The Morgan fingerprint density at radius 1 is 0.686 bits per heavy atom. The zero-order valence-electron chi connectivity index (χ0n) is 20.4. The molecule has 1 aliphatic rings. The summed E-state index contributed by atoms with van der Waals surface area (Å²) in [6.45, 7) is 5.72. The molecular weight excluding hydrogens is 432 g/mol. The molecule has 35 heavy (non-hydrogen) atoms. The second kappa shape index (κ2) is 11.8. The van der Waals surface area contributed by atoms with Gasteiger partial charge in [-0.2, -0.15) is 0 Å². The Balaban J connectivity index is 1.06. The standard InChI is InChI=1S/C30H34N4O/c1-3-8-25(9-4-1)10-5-2-6-21-35-29-14-13-27-22-26(11-12-28(27)23-29)24-33-17-19-34(20-18-33)30-31-15-7-16-32-30/h1,3-4,7-9,11-16,22-23H,2,5-6,10,17-21,24H2. The number of hydrogen-bond acceptors (Lipinski definition) is 5. The van der Waals surface area contributed by atoms with Crippen LogP contribution in [0.15, 0.2) is 85.2 Å². The minimum atomic E-state index is 0.776. The predicted molar refractivity (Wildman–Crippen MR) is 143 cm³/mol. The van der Waals surface area contributed by atoms with Crippen LogP contribution >= 0.6 is 0 Å². The fourth-order valence-electron chi connectivity index (χ4n) is 4.72. The molecule has 0 amide bonds. The Morgan fingerprint density at radius 2 is 1.46 bits per heavy atom. The van der Waals surface area contributed by atoms with E-state index in [1.807, 2.05) is 18.5 Å². The van der Waals surface area contributed by atoms with E-state index in [0.717, 1.165) is 63.9 Å². The van der Waals surface area contributed by atoms with Crippen molar-refractivity contribution in [1.29, 1.82) is 0 Å². The molecule has 0 atom stereocenters. The number of anilines is 1. The first-order chi connectivity index (χ1) is 17.3. The third kappa shape index (κ3) is 6.58. The van der Waals surface area contributed by atoms with Gasteiger partial charge in [-0.25, -0.2) is 9.97 Å². The summed E-state index contributed by atoms with van der Waals surface area (Å²) in [6.07, 6.45) is 8.27. The van der Waals surface area contributed by atoms with Crippen molar-refractivity contribution >= 4 is 16.7 Å². The second-order valence-electron chi connectivity index (χ2n) is 9.30. The number of aromatic nitrogens is 2. The van der Waals surface area contributed by atoms with Crippen LogP contribution in [0.25, 0.3) is 10.8 Å². The average Bonchev–Trinajstić information content (AvgIpc) is 2.92. The largest absolute Gasteiger partial charge is 0.494 e. The highest BCUT2D eigenvalue weighted by atomic mass is 16.5. The molecule has 5 nitrogen and oxygen atoms in total. The average molecular weight is 467 g/mol. The zero-order valence-corrected chi connectivity index (χ0v) is 20.4. The van der Waals surface area contributed by atoms with Crippen LogP contribution in [0, 0.1) is 0 Å². The van der Waals surface area contributed by atoms with Crippen molar-refractivity contribution in [2.75, 3.05) is 37.7 Å². The van der Waals surface area contributed by atoms with E-state index in [1.165, 1.54) is 34.7 Å². The van der Waals surface area contributed by atoms with Gasteiger partial charge in [0.2, 0.25) is 5.95 Å². The normalized spacial score (nSPS) is 14.3. The number of nitrogens with zero attached hydrogens (tertiary/aromatic N) is 4. The van der Waals surface area contributed by atoms with Crippen LogP contribution < -0.4 is 9.64 Å². The molecule has 180 valence electrons. The van der Waals surface area contributed by atoms with Crippen LogP contribution in [0.3, 0.4) is 0 Å². The van der Waals surface area contributed by atoms with Crippen molar-refractivity contribution in [3.05, 3.63) is 96.3 Å². The van der Waals surface area contributed by atoms with Gasteiger partial charge in [-0.1, -0.05) is 48.5 Å². The number of piperazine rings is 1. The Labute approximate surface area is 208 Å². The fourth-order valence-corrected chi connectivity index (χ4v) is 4.72. The van der Waals surface area contributed by atoms with Gasteiger partial charge >= 0.3 is 0 Å². The lowest BCUT2D eigenvalue weighted by molar-refractivity contribution is 0.249. The molecular formula is C30H34N4O. The van der Waals surface area contributed by atoms with Crippen LogP contribution in [-0.4, -0.2) is 47.7 Å². The molecule has 4 aromatic rings. The number of unbranched alkanes of at least 4 members (excludes halogenated alkanes) is 2. The van der Waals surface area contributed by atoms with E-state index in [4.69, 9.17) is 4.74 Å². The van der Waals surface area contributed by atoms with Gasteiger partial charge in [0.05, 0.1) is 6.61 Å². The van der Waals surface area contributed by atoms with E-state index < -0.39 is 0 Å². The highest BCUT2D eigenvalue weighted by Crippen LogP contribution is 2.23. The molecule has 1 aliphatic heterocycles. The van der Waals surface area contributed by atoms with E-state index >= 15 is 0 Å². The second-order valence-corrected chi connectivity index (χ2v) is 9.30. The number of benzene rings is 3. The van der Waals surface area contributed by atoms with Crippen molar-refractivity contribution < 1.29 is 4.74 Å². The number of hydrogen-bond donors (Lipinski definition) is 0. The maximum atomic E-state index is 6.04. The molecule has 0 unspecified atom stereocenters. The summed E-state index contributed by atoms with van der Waals surface area (Å²) in [5, 5.41) is 2.51. The highest BCUT2D eigenvalue weighted by Gasteiger charge is 2.18. The van der Waals surface area contributed by atoms with E-state index in [2.05, 4.69) is 86.5 Å². The minimum Gasteiger partial charge on any atom is -0.494 e. The molecule has 0 bridgehead atoms. The van der Waals surface area contributed by atoms with E-state index in [9.17, 15) is 0 Å². The van der Waals surface area contributed by atoms with Gasteiger partial charge in [0, 0.05) is 45.1 Å². The first kappa shape index (κ1) is 23.3. The van der Waals surface area contributed by atoms with Crippen molar-refractivity contribution in [3.63, 3.8) is 0 Å². The first-order valence-electron chi connectivity index (χ1n) is 12.8. The molecule has 1 fully saturated rings. The van der Waals surface area contributed by atoms with E-state index in [-0.39, 0.29) is 0 Å². The van der Waals surface area contributed by atoms with Gasteiger partial charge in [-0.05, 0) is 71.8 Å². The van der Waals surface area contributed by atoms with Gasteiger partial charge in [-0.3, -0.25) is 4.90 Å². The smallest absolute Gasteiger partial charge is 0.225 e. The van der Waals surface area contributed by atoms with Crippen molar-refractivity contribution in [2.45, 2.75) is 32.2 Å². The molecule has 0 aliphatic carbocycles. The number of fused-ring (bicyclic) bond motifs is 1. The highest BCUT2D eigenvalue weighted by molar-refractivity contribution is 5.84. The first-order valence-corrected chi connectivity index (χ1v) is 12.8. The maximum Gasteiger partial charge on any atom is 0.225 e. The lowest BCUT2D eigenvalue weighted by Gasteiger charge is -2.34. The Hall–Kier alpha value is -3.44. The molecule has 0 N–H and O–H groups in total. The Kier molecular flexibility index (Phi) is 7.86. The van der Waals surface area contributed by atoms with Crippen molar-refractivity contribution in [1.82, 2.24) is 14.9 Å². The number of rotatable bonds is 10. The molecule has 5 heteroatoms. The summed E-state index contributed by atoms with van der Waals surface area (Å²) in [7, 11) is 0. The van der Waals surface area contributed by atoms with Crippen LogP contribution in [0.4, 0.5) is 5.95 Å². The van der Waals surface area contributed by atoms with E-state index in [1.54, 1.807) is 0 Å². The Bertz CT molecular complexity index is 1190. The Morgan fingerprint density at radius 3 is 2.29 bits per heavy atom. The van der Waals surface area contributed by atoms with Gasteiger partial charge in [0.25, 0.3) is 0 Å². The molecule has 0 radical (unpaired) electrons. The molecule has 2 heterocycles. The SMILES string of the molecule is c1ccc(CCCCCOc2ccc3cc(CN4CCN(c5ncccn5)CC4)ccc3c2)cc1. The number of aryl methyl sites for hydroxylation is 1. The molecule has 1 saturated heterocycles. The summed E-state index contributed by atoms with van der Waals surface area (Å²) in [4.78, 5) is 13.5. The third-order valence-electron chi connectivity index (χ3n) is 6.71. The maximum absolute atomic E-state index is 6.04. The summed E-state index contributed by atoms with van der Waals surface area (Å²) in [5.41, 5.74) is 2.78. The van der Waals surface area contributed by atoms with Crippen LogP contribution in [0.2, 0.25) is 0 Å². The molecule has 5 rings (SSSR count). The summed E-state index contributed by atoms with van der Waals surface area (Å²) < 4.78 is 6.04. The van der Waals surface area contributed by atoms with Crippen LogP contribution in [0.1, 0.15) is 30.4 Å². The predicted octanol–water partition coefficient (Wildman–Crippen LogP) is 5.74. The van der Waals surface area contributed by atoms with Crippen molar-refractivity contribution in [3.8, 4) is 5.75 Å². The topological polar surface area (TPSA) is 41.5 Å². The fraction of sp³-hybridized carbons (Fsp3) is 0.333. The molecule has 1 aromatic heterocycles. The number of ether oxygens (including phenoxy) is 1. The van der Waals surface area contributed by atoms with Crippen LogP contribution in [-0.2, 0) is 13.0 Å². The quantitative estimate of drug-likeness (QED) is 0.279. The lowest BCUT2D eigenvalue weighted by Crippen LogP contribution is -2.46. The zero-order chi connectivity index (χ0) is 23.7. The lowest BCUT2D eigenvalue weighted by atomic mass is 10.1. The summed E-state index contributed by atoms with van der Waals surface area (Å²) in [6, 6.07) is 25.8. The van der Waals surface area contributed by atoms with Gasteiger partial charge < -0.3 is 9.64 Å². The van der Waals surface area contributed by atoms with Gasteiger partial charge in [0.15, 0.2) is 0 Å². The van der Waals surface area contributed by atoms with Gasteiger partial charge in [0.1, 0.15) is 5.75 Å². The van der Waals surface area contributed by atoms with Crippen molar-refractivity contribution in [2.24, 2.45) is 0 Å². The summed E-state index contributed by atoms with van der Waals surface area (Å²) >= 11 is 0. The molecule has 0 spiro atoms.